The Hall–Kier alpha value is -0.320. The summed E-state index contributed by atoms with van der Waals surface area (Å²) in [7, 11) is 6.79. The number of aliphatic hydroxyl groups excluding tert-OH is 2. The lowest BCUT2D eigenvalue weighted by molar-refractivity contribution is -0.324. The highest BCUT2D eigenvalue weighted by atomic mass is 16.5. The predicted molar refractivity (Wildman–Crippen MR) is 119 cm³/mol. The van der Waals surface area contributed by atoms with Crippen LogP contribution in [-0.2, 0) is 18.9 Å². The van der Waals surface area contributed by atoms with Gasteiger partial charge in [-0.3, -0.25) is 4.90 Å². The molecule has 1 aliphatic heterocycles. The molecule has 3 N–H and O–H groups in total. The van der Waals surface area contributed by atoms with Crippen LogP contribution >= 0.6 is 0 Å². The zero-order valence-electron chi connectivity index (χ0n) is 20.6. The van der Waals surface area contributed by atoms with E-state index in [0.29, 0.717) is 19.4 Å². The quantitative estimate of drug-likeness (QED) is 0.512. The molecule has 1 saturated heterocycles. The minimum absolute atomic E-state index is 0.00825. The first-order chi connectivity index (χ1) is 15.8. The Morgan fingerprint density at radius 1 is 1.09 bits per heavy atom. The van der Waals surface area contributed by atoms with Gasteiger partial charge in [0, 0.05) is 70.0 Å². The van der Waals surface area contributed by atoms with E-state index in [9.17, 15) is 15.3 Å². The van der Waals surface area contributed by atoms with Crippen LogP contribution in [0.3, 0.4) is 0 Å². The third-order valence-electron chi connectivity index (χ3n) is 11.6. The number of hydrogen-bond acceptors (Lipinski definition) is 8. The van der Waals surface area contributed by atoms with E-state index in [1.54, 1.807) is 28.4 Å². The number of piperidine rings is 1. The van der Waals surface area contributed by atoms with Crippen molar-refractivity contribution in [2.24, 2.45) is 34.5 Å². The fraction of sp³-hybridized carbons (Fsp3) is 1.00. The van der Waals surface area contributed by atoms with Gasteiger partial charge in [-0.1, -0.05) is 6.92 Å². The normalized spacial score (nSPS) is 60.9. The first-order valence-corrected chi connectivity index (χ1v) is 12.7. The maximum absolute atomic E-state index is 13.1. The van der Waals surface area contributed by atoms with E-state index in [1.165, 1.54) is 0 Å². The van der Waals surface area contributed by atoms with Crippen LogP contribution in [0.15, 0.2) is 0 Å². The van der Waals surface area contributed by atoms with Crippen LogP contribution in [0.2, 0.25) is 0 Å². The summed E-state index contributed by atoms with van der Waals surface area (Å²) in [6.45, 7) is 4.26. The third-order valence-corrected chi connectivity index (χ3v) is 11.6. The Morgan fingerprint density at radius 3 is 2.45 bits per heavy atom. The van der Waals surface area contributed by atoms with Crippen LogP contribution in [0, 0.1) is 34.5 Å². The molecule has 5 aliphatic carbocycles. The molecule has 33 heavy (non-hydrogen) atoms. The lowest BCUT2D eigenvalue weighted by atomic mass is 9.42. The number of aliphatic hydroxyl groups is 3. The van der Waals surface area contributed by atoms with E-state index >= 15 is 0 Å². The average Bonchev–Trinajstić information content (AvgIpc) is 3.16. The van der Waals surface area contributed by atoms with Gasteiger partial charge < -0.3 is 34.3 Å². The zero-order valence-corrected chi connectivity index (χ0v) is 20.6. The number of likely N-dealkylation sites (N-methyl/N-ethyl adjacent to an activating group) is 1. The molecule has 6 rings (SSSR count). The minimum atomic E-state index is -1.40. The van der Waals surface area contributed by atoms with Crippen molar-refractivity contribution in [2.45, 2.75) is 74.3 Å². The van der Waals surface area contributed by atoms with Gasteiger partial charge in [-0.15, -0.1) is 0 Å². The highest BCUT2D eigenvalue weighted by molar-refractivity contribution is 5.41. The Bertz CT molecular complexity index is 814. The van der Waals surface area contributed by atoms with E-state index < -0.39 is 34.9 Å². The van der Waals surface area contributed by atoms with Gasteiger partial charge in [0.15, 0.2) is 0 Å². The number of hydrogen-bond donors (Lipinski definition) is 3. The second-order valence-corrected chi connectivity index (χ2v) is 11.9. The van der Waals surface area contributed by atoms with Crippen molar-refractivity contribution in [3.05, 3.63) is 0 Å². The van der Waals surface area contributed by atoms with E-state index in [0.717, 1.165) is 25.9 Å². The number of fused-ring (bicyclic) bond motifs is 2. The molecule has 7 bridgehead atoms. The van der Waals surface area contributed by atoms with Gasteiger partial charge >= 0.3 is 0 Å². The summed E-state index contributed by atoms with van der Waals surface area (Å²) < 4.78 is 24.5. The first-order valence-electron chi connectivity index (χ1n) is 12.7. The summed E-state index contributed by atoms with van der Waals surface area (Å²) in [5.41, 5.74) is -3.24. The van der Waals surface area contributed by atoms with E-state index in [4.69, 9.17) is 18.9 Å². The summed E-state index contributed by atoms with van der Waals surface area (Å²) in [4.78, 5) is 2.38. The molecule has 0 aromatic carbocycles. The molecule has 0 amide bonds. The lowest BCUT2D eigenvalue weighted by Gasteiger charge is -2.70. The van der Waals surface area contributed by atoms with Gasteiger partial charge in [0.25, 0.3) is 0 Å². The highest BCUT2D eigenvalue weighted by Gasteiger charge is 2.91. The SMILES string of the molecule is CCN1C[C@]2(COC)CC[C@H](O)[C@@]34[C@@H]2[C@@H](OC)[C@@](O)([C@@H]13)[C@]1(OC)C[C@@H](OC)[C@@H]2C[C@H]4[C@H]1[C@H]2O. The lowest BCUT2D eigenvalue weighted by Crippen LogP contribution is -2.82. The van der Waals surface area contributed by atoms with Crippen molar-refractivity contribution in [3.8, 4) is 0 Å². The van der Waals surface area contributed by atoms with Crippen LogP contribution in [0.1, 0.15) is 32.6 Å². The number of ether oxygens (including phenoxy) is 4. The topological polar surface area (TPSA) is 101 Å². The molecule has 13 atom stereocenters. The Morgan fingerprint density at radius 2 is 1.85 bits per heavy atom. The maximum Gasteiger partial charge on any atom is 0.136 e. The summed E-state index contributed by atoms with van der Waals surface area (Å²) in [5.74, 6) is -0.360. The molecule has 1 heterocycles. The molecule has 0 unspecified atom stereocenters. The largest absolute Gasteiger partial charge is 0.392 e. The van der Waals surface area contributed by atoms with E-state index in [-0.39, 0.29) is 41.2 Å². The van der Waals surface area contributed by atoms with Crippen molar-refractivity contribution in [2.75, 3.05) is 48.1 Å². The second-order valence-electron chi connectivity index (χ2n) is 11.9. The summed E-state index contributed by atoms with van der Waals surface area (Å²) in [6.07, 6.45) is 0.834. The molecule has 6 aliphatic rings. The summed E-state index contributed by atoms with van der Waals surface area (Å²) >= 11 is 0. The van der Waals surface area contributed by atoms with Crippen molar-refractivity contribution >= 4 is 0 Å². The monoisotopic (exact) mass is 467 g/mol. The van der Waals surface area contributed by atoms with Gasteiger partial charge in [0.2, 0.25) is 0 Å². The molecule has 5 saturated carbocycles. The maximum atomic E-state index is 13.1. The molecule has 0 aromatic heterocycles. The van der Waals surface area contributed by atoms with Crippen LogP contribution in [0.25, 0.3) is 0 Å². The fourth-order valence-corrected chi connectivity index (χ4v) is 11.0. The number of nitrogens with zero attached hydrogens (tertiary/aromatic N) is 1. The molecule has 0 aromatic rings. The molecule has 8 nitrogen and oxygen atoms in total. The van der Waals surface area contributed by atoms with Gasteiger partial charge in [0.1, 0.15) is 11.2 Å². The Balaban J connectivity index is 1.68. The van der Waals surface area contributed by atoms with Gasteiger partial charge in [-0.25, -0.2) is 0 Å². The zero-order chi connectivity index (χ0) is 23.6. The van der Waals surface area contributed by atoms with Crippen LogP contribution in [0.5, 0.6) is 0 Å². The Kier molecular flexibility index (Phi) is 4.99. The predicted octanol–water partition coefficient (Wildman–Crippen LogP) is 0.271. The van der Waals surface area contributed by atoms with Crippen molar-refractivity contribution in [1.29, 1.82) is 0 Å². The molecule has 6 fully saturated rings. The first kappa shape index (κ1) is 23.1. The molecular weight excluding hydrogens is 426 g/mol. The van der Waals surface area contributed by atoms with Gasteiger partial charge in [0.05, 0.1) is 37.1 Å². The van der Waals surface area contributed by atoms with Gasteiger partial charge in [-0.2, -0.15) is 0 Å². The minimum Gasteiger partial charge on any atom is -0.392 e. The molecular formula is C25H41NO7. The third kappa shape index (κ3) is 2.16. The van der Waals surface area contributed by atoms with Gasteiger partial charge in [-0.05, 0) is 31.7 Å². The fourth-order valence-electron chi connectivity index (χ4n) is 11.0. The highest BCUT2D eigenvalue weighted by Crippen LogP contribution is 2.80. The van der Waals surface area contributed by atoms with Crippen LogP contribution < -0.4 is 0 Å². The molecule has 8 heteroatoms. The standard InChI is InChI=1S/C25H41NO7/c1-6-26-11-22(12-30-2)8-7-16(27)24-14-9-13-15(31-3)10-23(33-5,17(14)18(13)28)25(29,21(24)26)20(32-4)19(22)24/h13-21,27-29H,6-12H2,1-5H3/t13-,14-,15+,16-,17-,18-,19+,20+,21-,22-,23-,24-,25+/m0/s1. The number of likely N-dealkylation sites (tertiary alicyclic amines) is 1. The summed E-state index contributed by atoms with van der Waals surface area (Å²) in [6, 6.07) is -0.312. The van der Waals surface area contributed by atoms with Crippen molar-refractivity contribution in [1.82, 2.24) is 4.90 Å². The number of methoxy groups -OCH3 is 4. The Labute approximate surface area is 196 Å². The van der Waals surface area contributed by atoms with Crippen LogP contribution in [0.4, 0.5) is 0 Å². The van der Waals surface area contributed by atoms with Crippen molar-refractivity contribution < 1.29 is 34.3 Å². The molecule has 1 spiro atoms. The van der Waals surface area contributed by atoms with Crippen LogP contribution in [-0.4, -0.2) is 110 Å². The smallest absolute Gasteiger partial charge is 0.136 e. The molecule has 188 valence electrons. The van der Waals surface area contributed by atoms with Crippen molar-refractivity contribution in [3.63, 3.8) is 0 Å². The summed E-state index contributed by atoms with van der Waals surface area (Å²) in [5, 5.41) is 36.7. The average molecular weight is 468 g/mol. The second kappa shape index (κ2) is 7.13. The van der Waals surface area contributed by atoms with E-state index in [1.807, 2.05) is 0 Å². The van der Waals surface area contributed by atoms with E-state index in [2.05, 4.69) is 11.8 Å². The molecule has 0 radical (unpaired) electrons. The number of rotatable bonds is 6.